The van der Waals surface area contributed by atoms with Crippen molar-refractivity contribution < 1.29 is 18.3 Å². The predicted molar refractivity (Wildman–Crippen MR) is 93.8 cm³/mol. The Hall–Kier alpha value is -0.820. The first kappa shape index (κ1) is 18.0. The average Bonchev–Trinajstić information content (AvgIpc) is 2.84. The SMILES string of the molecule is O=C(CCCN1CCC2(C1)CS(=O)(=O)C2)c1cc(Cl)cc(Cl)c1O. The molecule has 1 aromatic carbocycles. The molecule has 2 aliphatic rings. The van der Waals surface area contributed by atoms with E-state index in [4.69, 9.17) is 23.2 Å². The third kappa shape index (κ3) is 3.72. The lowest BCUT2D eigenvalue weighted by Gasteiger charge is -2.37. The number of phenolic OH excluding ortho intramolecular Hbond substituents is 1. The first-order valence-corrected chi connectivity index (χ1v) is 10.4. The van der Waals surface area contributed by atoms with E-state index in [1.54, 1.807) is 0 Å². The van der Waals surface area contributed by atoms with Gasteiger partial charge in [-0.25, -0.2) is 8.42 Å². The fourth-order valence-corrected chi connectivity index (χ4v) is 6.47. The van der Waals surface area contributed by atoms with E-state index in [-0.39, 0.29) is 34.0 Å². The Morgan fingerprint density at radius 2 is 2.00 bits per heavy atom. The number of benzene rings is 1. The molecule has 1 aromatic rings. The van der Waals surface area contributed by atoms with E-state index in [2.05, 4.69) is 4.90 Å². The van der Waals surface area contributed by atoms with Crippen LogP contribution in [-0.2, 0) is 9.84 Å². The van der Waals surface area contributed by atoms with E-state index in [0.29, 0.717) is 22.9 Å². The Kier molecular flexibility index (Phi) is 4.86. The van der Waals surface area contributed by atoms with Crippen molar-refractivity contribution in [3.05, 3.63) is 27.7 Å². The van der Waals surface area contributed by atoms with Crippen LogP contribution in [0, 0.1) is 5.41 Å². The number of aromatic hydroxyl groups is 1. The summed E-state index contributed by atoms with van der Waals surface area (Å²) in [6, 6.07) is 2.82. The molecule has 1 spiro atoms. The van der Waals surface area contributed by atoms with Crippen LogP contribution in [-0.4, -0.2) is 55.3 Å². The number of carbonyl (C=O) groups excluding carboxylic acids is 1. The van der Waals surface area contributed by atoms with Gasteiger partial charge < -0.3 is 10.0 Å². The second kappa shape index (κ2) is 6.48. The zero-order chi connectivity index (χ0) is 17.5. The molecule has 0 aliphatic carbocycles. The molecule has 0 amide bonds. The van der Waals surface area contributed by atoms with E-state index in [9.17, 15) is 18.3 Å². The monoisotopic (exact) mass is 391 g/mol. The van der Waals surface area contributed by atoms with Gasteiger partial charge in [-0.2, -0.15) is 0 Å². The molecule has 2 aliphatic heterocycles. The van der Waals surface area contributed by atoms with Gasteiger partial charge in [0.1, 0.15) is 5.75 Å². The van der Waals surface area contributed by atoms with Gasteiger partial charge in [-0.05, 0) is 38.1 Å². The number of rotatable bonds is 5. The molecule has 3 rings (SSSR count). The Balaban J connectivity index is 1.50. The van der Waals surface area contributed by atoms with Crippen molar-refractivity contribution in [3.63, 3.8) is 0 Å². The maximum absolute atomic E-state index is 12.2. The van der Waals surface area contributed by atoms with E-state index in [1.807, 2.05) is 0 Å². The zero-order valence-corrected chi connectivity index (χ0v) is 15.4. The minimum absolute atomic E-state index is 0.0540. The maximum Gasteiger partial charge on any atom is 0.166 e. The Morgan fingerprint density at radius 3 is 2.67 bits per heavy atom. The van der Waals surface area contributed by atoms with Crippen LogP contribution in [0.3, 0.4) is 0 Å². The zero-order valence-electron chi connectivity index (χ0n) is 13.1. The number of carbonyl (C=O) groups is 1. The van der Waals surface area contributed by atoms with E-state index in [1.165, 1.54) is 12.1 Å². The Bertz CT molecular complexity index is 767. The number of ketones is 1. The quantitative estimate of drug-likeness (QED) is 0.780. The topological polar surface area (TPSA) is 74.7 Å². The highest BCUT2D eigenvalue weighted by molar-refractivity contribution is 7.92. The molecule has 2 saturated heterocycles. The lowest BCUT2D eigenvalue weighted by Crippen LogP contribution is -2.50. The van der Waals surface area contributed by atoms with Crippen molar-refractivity contribution >= 4 is 38.8 Å². The van der Waals surface area contributed by atoms with Gasteiger partial charge in [0.05, 0.1) is 22.1 Å². The third-order valence-corrected chi connectivity index (χ3v) is 7.39. The van der Waals surface area contributed by atoms with E-state index in [0.717, 1.165) is 26.1 Å². The largest absolute Gasteiger partial charge is 0.506 e. The van der Waals surface area contributed by atoms with Crippen molar-refractivity contribution in [1.29, 1.82) is 0 Å². The van der Waals surface area contributed by atoms with Crippen LogP contribution in [0.25, 0.3) is 0 Å². The van der Waals surface area contributed by atoms with Crippen LogP contribution in [0.1, 0.15) is 29.6 Å². The lowest BCUT2D eigenvalue weighted by atomic mass is 9.91. The Labute approximate surface area is 151 Å². The normalized spacial score (nSPS) is 21.8. The minimum Gasteiger partial charge on any atom is -0.506 e. The lowest BCUT2D eigenvalue weighted by molar-refractivity contribution is 0.0973. The van der Waals surface area contributed by atoms with Gasteiger partial charge in [0.2, 0.25) is 0 Å². The van der Waals surface area contributed by atoms with E-state index < -0.39 is 9.84 Å². The van der Waals surface area contributed by atoms with Crippen LogP contribution in [0.15, 0.2) is 12.1 Å². The van der Waals surface area contributed by atoms with E-state index >= 15 is 0 Å². The summed E-state index contributed by atoms with van der Waals surface area (Å²) in [6.45, 7) is 2.40. The fraction of sp³-hybridized carbons (Fsp3) is 0.562. The molecule has 1 N–H and O–H groups in total. The predicted octanol–water partition coefficient (Wildman–Crippen LogP) is 2.78. The molecule has 0 radical (unpaired) electrons. The summed E-state index contributed by atoms with van der Waals surface area (Å²) < 4.78 is 22.8. The summed E-state index contributed by atoms with van der Waals surface area (Å²) in [5, 5.41) is 10.3. The number of hydrogen-bond donors (Lipinski definition) is 1. The standard InChI is InChI=1S/C16H19Cl2NO4S/c17-11-6-12(15(21)13(18)7-11)14(20)2-1-4-19-5-3-16(8-19)9-24(22,23)10-16/h6-7,21H,1-5,8-10H2. The average molecular weight is 392 g/mol. The summed E-state index contributed by atoms with van der Waals surface area (Å²) in [5.41, 5.74) is 0.0946. The summed E-state index contributed by atoms with van der Waals surface area (Å²) in [6.07, 6.45) is 1.84. The number of phenols is 1. The number of sulfone groups is 1. The van der Waals surface area contributed by atoms with Gasteiger partial charge in [-0.3, -0.25) is 4.79 Å². The molecule has 0 atom stereocenters. The molecule has 24 heavy (non-hydrogen) atoms. The first-order valence-electron chi connectivity index (χ1n) is 7.84. The number of likely N-dealkylation sites (tertiary alicyclic amines) is 1. The highest BCUT2D eigenvalue weighted by Crippen LogP contribution is 2.41. The molecule has 5 nitrogen and oxygen atoms in total. The van der Waals surface area contributed by atoms with Crippen LogP contribution >= 0.6 is 23.2 Å². The van der Waals surface area contributed by atoms with Gasteiger partial charge >= 0.3 is 0 Å². The highest BCUT2D eigenvalue weighted by atomic mass is 35.5. The van der Waals surface area contributed by atoms with Crippen molar-refractivity contribution in [3.8, 4) is 5.75 Å². The van der Waals surface area contributed by atoms with Gasteiger partial charge in [0.25, 0.3) is 0 Å². The molecule has 2 fully saturated rings. The van der Waals surface area contributed by atoms with Gasteiger partial charge in [0, 0.05) is 23.4 Å². The molecular weight excluding hydrogens is 373 g/mol. The first-order chi connectivity index (χ1) is 11.2. The summed E-state index contributed by atoms with van der Waals surface area (Å²) in [7, 11) is -2.81. The molecule has 0 bridgehead atoms. The molecular formula is C16H19Cl2NO4S. The molecule has 8 heteroatoms. The summed E-state index contributed by atoms with van der Waals surface area (Å²) >= 11 is 11.7. The summed E-state index contributed by atoms with van der Waals surface area (Å²) in [4.78, 5) is 14.5. The van der Waals surface area contributed by atoms with Gasteiger partial charge in [-0.15, -0.1) is 0 Å². The molecule has 2 heterocycles. The third-order valence-electron chi connectivity index (χ3n) is 4.78. The van der Waals surface area contributed by atoms with Crippen molar-refractivity contribution in [2.45, 2.75) is 19.3 Å². The second-order valence-corrected chi connectivity index (χ2v) is 9.78. The molecule has 0 saturated carbocycles. The second-order valence-electron chi connectivity index (χ2n) is 6.87. The van der Waals surface area contributed by atoms with Crippen LogP contribution in [0.4, 0.5) is 0 Å². The summed E-state index contributed by atoms with van der Waals surface area (Å²) in [5.74, 6) is 0.164. The number of halogens is 2. The number of nitrogens with zero attached hydrogens (tertiary/aromatic N) is 1. The van der Waals surface area contributed by atoms with Crippen LogP contribution < -0.4 is 0 Å². The van der Waals surface area contributed by atoms with Gasteiger partial charge in [-0.1, -0.05) is 23.2 Å². The van der Waals surface area contributed by atoms with Crippen LogP contribution in [0.5, 0.6) is 5.75 Å². The minimum atomic E-state index is -2.81. The number of hydrogen-bond acceptors (Lipinski definition) is 5. The van der Waals surface area contributed by atoms with Gasteiger partial charge in [0.15, 0.2) is 15.6 Å². The van der Waals surface area contributed by atoms with Crippen molar-refractivity contribution in [1.82, 2.24) is 4.90 Å². The van der Waals surface area contributed by atoms with Crippen molar-refractivity contribution in [2.75, 3.05) is 31.1 Å². The maximum atomic E-state index is 12.2. The highest BCUT2D eigenvalue weighted by Gasteiger charge is 2.51. The van der Waals surface area contributed by atoms with Crippen LogP contribution in [0.2, 0.25) is 10.0 Å². The smallest absolute Gasteiger partial charge is 0.166 e. The molecule has 0 unspecified atom stereocenters. The fourth-order valence-electron chi connectivity index (χ4n) is 3.72. The number of Topliss-reactive ketones (excluding diaryl/α,β-unsaturated/α-hetero) is 1. The van der Waals surface area contributed by atoms with Crippen molar-refractivity contribution in [2.24, 2.45) is 5.41 Å². The molecule has 0 aromatic heterocycles. The molecule has 132 valence electrons. The Morgan fingerprint density at radius 1 is 1.29 bits per heavy atom.